The molecule has 2 amide bonds. The summed E-state index contributed by atoms with van der Waals surface area (Å²) in [7, 11) is 0. The lowest BCUT2D eigenvalue weighted by atomic mass is 10.1. The number of hydrogen-bond acceptors (Lipinski definition) is 3. The molecule has 1 aromatic carbocycles. The molecule has 4 rings (SSSR count). The second-order valence-electron chi connectivity index (χ2n) is 9.39. The smallest absolute Gasteiger partial charge is 0.291 e. The van der Waals surface area contributed by atoms with Crippen LogP contribution < -0.4 is 5.32 Å². The number of nitrogens with one attached hydrogen (secondary N) is 1. The molecule has 0 spiro atoms. The van der Waals surface area contributed by atoms with Gasteiger partial charge in [-0.15, -0.1) is 0 Å². The number of carbonyl (C=O) groups is 2. The van der Waals surface area contributed by atoms with Gasteiger partial charge >= 0.3 is 0 Å². The van der Waals surface area contributed by atoms with Crippen LogP contribution in [0.3, 0.4) is 0 Å². The van der Waals surface area contributed by atoms with E-state index in [0.717, 1.165) is 55.6 Å². The van der Waals surface area contributed by atoms with E-state index in [1.807, 2.05) is 55.3 Å². The maximum absolute atomic E-state index is 13.1. The number of anilines is 1. The van der Waals surface area contributed by atoms with Gasteiger partial charge in [-0.05, 0) is 80.6 Å². The molecule has 34 heavy (non-hydrogen) atoms. The van der Waals surface area contributed by atoms with Crippen LogP contribution in [0.15, 0.2) is 53.1 Å². The Morgan fingerprint density at radius 2 is 1.88 bits per heavy atom. The number of furan rings is 1. The van der Waals surface area contributed by atoms with Crippen LogP contribution in [0.4, 0.5) is 5.69 Å². The molecule has 0 aliphatic heterocycles. The van der Waals surface area contributed by atoms with Crippen LogP contribution in [-0.2, 0) is 17.9 Å². The number of aromatic nitrogens is 1. The first-order chi connectivity index (χ1) is 16.4. The van der Waals surface area contributed by atoms with Gasteiger partial charge in [-0.1, -0.05) is 25.8 Å². The van der Waals surface area contributed by atoms with Gasteiger partial charge in [0.1, 0.15) is 5.76 Å². The average molecular weight is 462 g/mol. The Labute approximate surface area is 201 Å². The zero-order valence-corrected chi connectivity index (χ0v) is 20.5. The Morgan fingerprint density at radius 1 is 1.09 bits per heavy atom. The molecule has 0 radical (unpaired) electrons. The Bertz CT molecular complexity index is 1140. The third-order valence-corrected chi connectivity index (χ3v) is 6.76. The molecule has 2 aromatic heterocycles. The van der Waals surface area contributed by atoms with Crippen LogP contribution >= 0.6 is 0 Å². The number of aryl methyl sites for hydroxylation is 2. The van der Waals surface area contributed by atoms with Crippen molar-refractivity contribution in [3.8, 4) is 0 Å². The number of nitrogens with zero attached hydrogens (tertiary/aromatic N) is 2. The summed E-state index contributed by atoms with van der Waals surface area (Å²) in [5.41, 5.74) is 4.13. The molecule has 0 unspecified atom stereocenters. The highest BCUT2D eigenvalue weighted by atomic mass is 16.4. The van der Waals surface area contributed by atoms with Crippen molar-refractivity contribution in [2.24, 2.45) is 5.92 Å². The highest BCUT2D eigenvalue weighted by Crippen LogP contribution is 2.27. The van der Waals surface area contributed by atoms with Gasteiger partial charge in [-0.25, -0.2) is 0 Å². The Morgan fingerprint density at radius 3 is 2.62 bits per heavy atom. The van der Waals surface area contributed by atoms with E-state index in [1.54, 1.807) is 6.07 Å². The van der Waals surface area contributed by atoms with Crippen LogP contribution in [0.5, 0.6) is 0 Å². The van der Waals surface area contributed by atoms with Gasteiger partial charge < -0.3 is 19.2 Å². The molecule has 2 heterocycles. The van der Waals surface area contributed by atoms with E-state index in [2.05, 4.69) is 22.9 Å². The van der Waals surface area contributed by atoms with Gasteiger partial charge in [0.25, 0.3) is 5.91 Å². The molecular formula is C28H35N3O3. The first-order valence-corrected chi connectivity index (χ1v) is 12.3. The van der Waals surface area contributed by atoms with Crippen LogP contribution in [0, 0.1) is 19.8 Å². The van der Waals surface area contributed by atoms with E-state index >= 15 is 0 Å². The summed E-state index contributed by atoms with van der Waals surface area (Å²) in [5.74, 6) is 1.19. The number of benzene rings is 1. The van der Waals surface area contributed by atoms with Crippen LogP contribution in [-0.4, -0.2) is 27.8 Å². The van der Waals surface area contributed by atoms with Crippen molar-refractivity contribution in [3.05, 3.63) is 77.0 Å². The number of carbonyl (C=O) groups excluding carboxylic acids is 2. The summed E-state index contributed by atoms with van der Waals surface area (Å²) in [4.78, 5) is 27.7. The van der Waals surface area contributed by atoms with Gasteiger partial charge in [0, 0.05) is 30.0 Å². The fourth-order valence-corrected chi connectivity index (χ4v) is 4.68. The number of amides is 2. The molecule has 180 valence electrons. The molecule has 6 heteroatoms. The van der Waals surface area contributed by atoms with Gasteiger partial charge in [0.05, 0.1) is 13.1 Å². The number of hydrogen-bond donors (Lipinski definition) is 1. The van der Waals surface area contributed by atoms with Gasteiger partial charge in [0.2, 0.25) is 5.91 Å². The lowest BCUT2D eigenvalue weighted by Gasteiger charge is -2.26. The SMILES string of the molecule is CCCN(Cc1cccn1Cc1ccc(C(=O)Nc2ccc(C)c(C)c2)o1)C(=O)C1CCCC1. The normalized spacial score (nSPS) is 13.9. The summed E-state index contributed by atoms with van der Waals surface area (Å²) in [6.45, 7) is 8.05. The van der Waals surface area contributed by atoms with Crippen molar-refractivity contribution in [2.45, 2.75) is 66.0 Å². The first kappa shape index (κ1) is 23.9. The van der Waals surface area contributed by atoms with Crippen molar-refractivity contribution in [2.75, 3.05) is 11.9 Å². The molecule has 1 aliphatic carbocycles. The first-order valence-electron chi connectivity index (χ1n) is 12.3. The fourth-order valence-electron chi connectivity index (χ4n) is 4.68. The van der Waals surface area contributed by atoms with Gasteiger partial charge in [-0.2, -0.15) is 0 Å². The molecular weight excluding hydrogens is 426 g/mol. The third kappa shape index (κ3) is 5.61. The van der Waals surface area contributed by atoms with E-state index in [-0.39, 0.29) is 23.5 Å². The Kier molecular flexibility index (Phi) is 7.56. The van der Waals surface area contributed by atoms with Crippen molar-refractivity contribution in [3.63, 3.8) is 0 Å². The Balaban J connectivity index is 1.41. The highest BCUT2D eigenvalue weighted by Gasteiger charge is 2.27. The minimum atomic E-state index is -0.265. The van der Waals surface area contributed by atoms with Crippen LogP contribution in [0.1, 0.15) is 72.2 Å². The quantitative estimate of drug-likeness (QED) is 0.430. The maximum Gasteiger partial charge on any atom is 0.291 e. The van der Waals surface area contributed by atoms with Crippen LogP contribution in [0.2, 0.25) is 0 Å². The van der Waals surface area contributed by atoms with Crippen molar-refractivity contribution < 1.29 is 14.0 Å². The predicted octanol–water partition coefficient (Wildman–Crippen LogP) is 5.93. The minimum Gasteiger partial charge on any atom is -0.454 e. The van der Waals surface area contributed by atoms with E-state index in [0.29, 0.717) is 18.8 Å². The van der Waals surface area contributed by atoms with E-state index < -0.39 is 0 Å². The summed E-state index contributed by atoms with van der Waals surface area (Å²) in [5, 5.41) is 2.91. The zero-order chi connectivity index (χ0) is 24.1. The molecule has 1 aliphatic rings. The summed E-state index contributed by atoms with van der Waals surface area (Å²) in [6, 6.07) is 13.4. The third-order valence-electron chi connectivity index (χ3n) is 6.76. The Hall–Kier alpha value is -3.28. The summed E-state index contributed by atoms with van der Waals surface area (Å²) < 4.78 is 7.96. The lowest BCUT2D eigenvalue weighted by molar-refractivity contribution is -0.136. The lowest BCUT2D eigenvalue weighted by Crippen LogP contribution is -2.36. The molecule has 1 N–H and O–H groups in total. The van der Waals surface area contributed by atoms with E-state index in [1.165, 1.54) is 5.56 Å². The van der Waals surface area contributed by atoms with Crippen LogP contribution in [0.25, 0.3) is 0 Å². The number of rotatable bonds is 9. The molecule has 6 nitrogen and oxygen atoms in total. The van der Waals surface area contributed by atoms with Gasteiger partial charge in [-0.3, -0.25) is 9.59 Å². The largest absolute Gasteiger partial charge is 0.454 e. The van der Waals surface area contributed by atoms with E-state index in [4.69, 9.17) is 4.42 Å². The van der Waals surface area contributed by atoms with Crippen molar-refractivity contribution in [1.82, 2.24) is 9.47 Å². The predicted molar refractivity (Wildman–Crippen MR) is 134 cm³/mol. The standard InChI is InChI=1S/C28H35N3O3/c1-4-15-31(28(33)22-8-5-6-9-22)18-24-10-7-16-30(24)19-25-13-14-26(34-25)27(32)29-23-12-11-20(2)21(3)17-23/h7,10-14,16-17,22H,4-6,8-9,15,18-19H2,1-3H3,(H,29,32). The molecule has 0 bridgehead atoms. The minimum absolute atomic E-state index is 0.179. The maximum atomic E-state index is 13.1. The monoisotopic (exact) mass is 461 g/mol. The molecule has 0 saturated heterocycles. The fraction of sp³-hybridized carbons (Fsp3) is 0.429. The second kappa shape index (κ2) is 10.8. The average Bonchev–Trinajstić information content (AvgIpc) is 3.59. The highest BCUT2D eigenvalue weighted by molar-refractivity contribution is 6.02. The summed E-state index contributed by atoms with van der Waals surface area (Å²) >= 11 is 0. The second-order valence-corrected chi connectivity index (χ2v) is 9.39. The topological polar surface area (TPSA) is 67.5 Å². The van der Waals surface area contributed by atoms with Crippen molar-refractivity contribution >= 4 is 17.5 Å². The molecule has 1 saturated carbocycles. The molecule has 3 aromatic rings. The summed E-state index contributed by atoms with van der Waals surface area (Å²) in [6.07, 6.45) is 7.28. The van der Waals surface area contributed by atoms with Gasteiger partial charge in [0.15, 0.2) is 5.76 Å². The molecule has 1 fully saturated rings. The molecule has 0 atom stereocenters. The zero-order valence-electron chi connectivity index (χ0n) is 20.5. The van der Waals surface area contributed by atoms with E-state index in [9.17, 15) is 9.59 Å². The van der Waals surface area contributed by atoms with Crippen molar-refractivity contribution in [1.29, 1.82) is 0 Å².